The Kier molecular flexibility index (Phi) is 4.91. The SMILES string of the molecule is CC(O)C(C)(C)NC(=O)C(N)Cc1ccc(O)cc1. The molecule has 2 unspecified atom stereocenters. The molecule has 2 atom stereocenters. The smallest absolute Gasteiger partial charge is 0.237 e. The molecule has 1 rings (SSSR count). The molecule has 1 amide bonds. The number of amides is 1. The number of phenolic OH excluding ortho intramolecular Hbond substituents is 1. The van der Waals surface area contributed by atoms with Crippen LogP contribution in [0.1, 0.15) is 26.3 Å². The van der Waals surface area contributed by atoms with Crippen LogP contribution in [0.4, 0.5) is 0 Å². The summed E-state index contributed by atoms with van der Waals surface area (Å²) in [5.74, 6) is -0.129. The highest BCUT2D eigenvalue weighted by Gasteiger charge is 2.28. The minimum Gasteiger partial charge on any atom is -0.508 e. The summed E-state index contributed by atoms with van der Waals surface area (Å²) >= 11 is 0. The Morgan fingerprint density at radius 1 is 1.37 bits per heavy atom. The maximum absolute atomic E-state index is 11.9. The van der Waals surface area contributed by atoms with Crippen molar-refractivity contribution in [2.75, 3.05) is 0 Å². The Morgan fingerprint density at radius 3 is 2.37 bits per heavy atom. The van der Waals surface area contributed by atoms with Crippen LogP contribution in [0, 0.1) is 0 Å². The van der Waals surface area contributed by atoms with Crippen LogP contribution >= 0.6 is 0 Å². The molecule has 0 aliphatic carbocycles. The molecule has 0 saturated carbocycles. The van der Waals surface area contributed by atoms with Crippen LogP contribution in [0.3, 0.4) is 0 Å². The number of aliphatic hydroxyl groups is 1. The van der Waals surface area contributed by atoms with E-state index in [0.717, 1.165) is 5.56 Å². The second-order valence-corrected chi connectivity index (χ2v) is 5.36. The van der Waals surface area contributed by atoms with Crippen molar-refractivity contribution in [2.45, 2.75) is 44.9 Å². The lowest BCUT2D eigenvalue weighted by molar-refractivity contribution is -0.125. The van der Waals surface area contributed by atoms with Crippen molar-refractivity contribution in [2.24, 2.45) is 5.73 Å². The van der Waals surface area contributed by atoms with Crippen LogP contribution in [-0.4, -0.2) is 33.8 Å². The zero-order valence-electron chi connectivity index (χ0n) is 11.6. The fourth-order valence-corrected chi connectivity index (χ4v) is 1.49. The van der Waals surface area contributed by atoms with Crippen LogP contribution in [0.5, 0.6) is 5.75 Å². The second kappa shape index (κ2) is 6.04. The highest BCUT2D eigenvalue weighted by Crippen LogP contribution is 2.12. The maximum Gasteiger partial charge on any atom is 0.237 e. The standard InChI is InChI=1S/C14H22N2O3/c1-9(17)14(2,3)16-13(19)12(15)8-10-4-6-11(18)7-5-10/h4-7,9,12,17-18H,8,15H2,1-3H3,(H,16,19). The molecule has 0 bridgehead atoms. The van der Waals surface area contributed by atoms with Gasteiger partial charge in [-0.1, -0.05) is 12.1 Å². The number of hydrogen-bond donors (Lipinski definition) is 4. The lowest BCUT2D eigenvalue weighted by atomic mass is 9.97. The number of benzene rings is 1. The third-order valence-corrected chi connectivity index (χ3v) is 3.22. The largest absolute Gasteiger partial charge is 0.508 e. The minimum atomic E-state index is -0.719. The quantitative estimate of drug-likeness (QED) is 0.625. The van der Waals surface area contributed by atoms with E-state index in [1.54, 1.807) is 45.0 Å². The van der Waals surface area contributed by atoms with Gasteiger partial charge in [-0.05, 0) is 44.9 Å². The Bertz CT molecular complexity index is 427. The van der Waals surface area contributed by atoms with E-state index in [9.17, 15) is 15.0 Å². The van der Waals surface area contributed by atoms with Crippen LogP contribution in [-0.2, 0) is 11.2 Å². The molecule has 5 N–H and O–H groups in total. The van der Waals surface area contributed by atoms with Crippen LogP contribution in [0.2, 0.25) is 0 Å². The van der Waals surface area contributed by atoms with Gasteiger partial charge in [-0.25, -0.2) is 0 Å². The number of carbonyl (C=O) groups is 1. The average Bonchev–Trinajstić information content (AvgIpc) is 2.31. The molecule has 5 nitrogen and oxygen atoms in total. The zero-order valence-corrected chi connectivity index (χ0v) is 11.6. The van der Waals surface area contributed by atoms with E-state index in [-0.39, 0.29) is 11.7 Å². The Hall–Kier alpha value is -1.59. The molecule has 0 heterocycles. The lowest BCUT2D eigenvalue weighted by Crippen LogP contribution is -2.55. The van der Waals surface area contributed by atoms with Crippen molar-refractivity contribution in [3.05, 3.63) is 29.8 Å². The Labute approximate surface area is 113 Å². The van der Waals surface area contributed by atoms with Gasteiger partial charge in [-0.15, -0.1) is 0 Å². The van der Waals surface area contributed by atoms with Gasteiger partial charge in [0.05, 0.1) is 17.7 Å². The minimum absolute atomic E-state index is 0.178. The van der Waals surface area contributed by atoms with E-state index in [1.807, 2.05) is 0 Å². The van der Waals surface area contributed by atoms with Gasteiger partial charge < -0.3 is 21.3 Å². The predicted molar refractivity (Wildman–Crippen MR) is 73.7 cm³/mol. The van der Waals surface area contributed by atoms with Crippen molar-refractivity contribution < 1.29 is 15.0 Å². The maximum atomic E-state index is 11.9. The number of nitrogens with one attached hydrogen (secondary N) is 1. The van der Waals surface area contributed by atoms with E-state index >= 15 is 0 Å². The third kappa shape index (κ3) is 4.54. The summed E-state index contributed by atoms with van der Waals surface area (Å²) < 4.78 is 0. The summed E-state index contributed by atoms with van der Waals surface area (Å²) in [5.41, 5.74) is 5.99. The second-order valence-electron chi connectivity index (χ2n) is 5.36. The fourth-order valence-electron chi connectivity index (χ4n) is 1.49. The van der Waals surface area contributed by atoms with Gasteiger partial charge in [0.1, 0.15) is 5.75 Å². The van der Waals surface area contributed by atoms with E-state index in [2.05, 4.69) is 5.32 Å². The van der Waals surface area contributed by atoms with E-state index < -0.39 is 17.7 Å². The van der Waals surface area contributed by atoms with Crippen molar-refractivity contribution in [1.29, 1.82) is 0 Å². The first-order chi connectivity index (χ1) is 8.72. The number of hydrogen-bond acceptors (Lipinski definition) is 4. The summed E-state index contributed by atoms with van der Waals surface area (Å²) in [6.45, 7) is 5.09. The molecule has 5 heteroatoms. The van der Waals surface area contributed by atoms with Gasteiger partial charge in [-0.3, -0.25) is 4.79 Å². The molecule has 0 aliphatic rings. The van der Waals surface area contributed by atoms with E-state index in [4.69, 9.17) is 5.73 Å². The first kappa shape index (κ1) is 15.5. The monoisotopic (exact) mass is 266 g/mol. The lowest BCUT2D eigenvalue weighted by Gasteiger charge is -2.30. The molecule has 19 heavy (non-hydrogen) atoms. The number of carbonyl (C=O) groups excluding carboxylic acids is 1. The summed E-state index contributed by atoms with van der Waals surface area (Å²) in [6.07, 6.45) is -0.292. The molecule has 0 aromatic heterocycles. The predicted octanol–water partition coefficient (Wildman–Crippen LogP) is 0.538. The first-order valence-electron chi connectivity index (χ1n) is 6.26. The van der Waals surface area contributed by atoms with Gasteiger partial charge >= 0.3 is 0 Å². The molecular weight excluding hydrogens is 244 g/mol. The number of aliphatic hydroxyl groups excluding tert-OH is 1. The zero-order chi connectivity index (χ0) is 14.6. The molecule has 106 valence electrons. The van der Waals surface area contributed by atoms with Gasteiger partial charge in [-0.2, -0.15) is 0 Å². The summed E-state index contributed by atoms with van der Waals surface area (Å²) in [5, 5.41) is 21.4. The topological polar surface area (TPSA) is 95.6 Å². The normalized spacial score (nSPS) is 14.8. The van der Waals surface area contributed by atoms with Crippen LogP contribution in [0.25, 0.3) is 0 Å². The number of nitrogens with two attached hydrogens (primary N) is 1. The summed E-state index contributed by atoms with van der Waals surface area (Å²) in [4.78, 5) is 11.9. The molecular formula is C14H22N2O3. The Balaban J connectivity index is 2.60. The third-order valence-electron chi connectivity index (χ3n) is 3.22. The van der Waals surface area contributed by atoms with Gasteiger partial charge in [0.15, 0.2) is 0 Å². The molecule has 1 aromatic rings. The molecule has 1 aromatic carbocycles. The van der Waals surface area contributed by atoms with Crippen LogP contribution < -0.4 is 11.1 Å². The fraction of sp³-hybridized carbons (Fsp3) is 0.500. The summed E-state index contributed by atoms with van der Waals surface area (Å²) in [7, 11) is 0. The van der Waals surface area contributed by atoms with Crippen molar-refractivity contribution >= 4 is 5.91 Å². The van der Waals surface area contributed by atoms with Crippen molar-refractivity contribution in [3.8, 4) is 5.75 Å². The van der Waals surface area contributed by atoms with Crippen molar-refractivity contribution in [1.82, 2.24) is 5.32 Å². The molecule has 0 saturated heterocycles. The first-order valence-corrected chi connectivity index (χ1v) is 6.26. The highest BCUT2D eigenvalue weighted by atomic mass is 16.3. The molecule has 0 aliphatic heterocycles. The number of phenols is 1. The average molecular weight is 266 g/mol. The molecule has 0 radical (unpaired) electrons. The van der Waals surface area contributed by atoms with E-state index in [1.165, 1.54) is 0 Å². The number of rotatable bonds is 5. The molecule has 0 fully saturated rings. The highest BCUT2D eigenvalue weighted by molar-refractivity contribution is 5.82. The van der Waals surface area contributed by atoms with Crippen LogP contribution in [0.15, 0.2) is 24.3 Å². The van der Waals surface area contributed by atoms with Gasteiger partial charge in [0.25, 0.3) is 0 Å². The van der Waals surface area contributed by atoms with Gasteiger partial charge in [0.2, 0.25) is 5.91 Å². The van der Waals surface area contributed by atoms with Crippen molar-refractivity contribution in [3.63, 3.8) is 0 Å². The number of aromatic hydroxyl groups is 1. The molecule has 0 spiro atoms. The van der Waals surface area contributed by atoms with E-state index in [0.29, 0.717) is 6.42 Å². The Morgan fingerprint density at radius 2 is 1.89 bits per heavy atom. The van der Waals surface area contributed by atoms with Gasteiger partial charge in [0, 0.05) is 0 Å². The summed E-state index contributed by atoms with van der Waals surface area (Å²) in [6, 6.07) is 5.87.